The van der Waals surface area contributed by atoms with Crippen LogP contribution in [-0.2, 0) is 11.2 Å². The van der Waals surface area contributed by atoms with Gasteiger partial charge in [-0.15, -0.1) is 0 Å². The van der Waals surface area contributed by atoms with Gasteiger partial charge in [0.05, 0.1) is 11.7 Å². The van der Waals surface area contributed by atoms with Crippen LogP contribution in [0.5, 0.6) is 0 Å². The fraction of sp³-hybridized carbons (Fsp3) is 0.824. The van der Waals surface area contributed by atoms with Crippen LogP contribution in [-0.4, -0.2) is 35.6 Å². The van der Waals surface area contributed by atoms with E-state index in [0.29, 0.717) is 12.1 Å². The zero-order valence-electron chi connectivity index (χ0n) is 13.3. The summed E-state index contributed by atoms with van der Waals surface area (Å²) in [4.78, 5) is 0. The second-order valence-electron chi connectivity index (χ2n) is 6.65. The van der Waals surface area contributed by atoms with Crippen molar-refractivity contribution in [3.8, 4) is 0 Å². The molecule has 0 bridgehead atoms. The molecule has 1 aliphatic carbocycles. The first-order valence-electron chi connectivity index (χ1n) is 8.70. The number of aromatic nitrogens is 2. The second-order valence-corrected chi connectivity index (χ2v) is 6.65. The number of likely N-dealkylation sites (N-methyl/N-ethyl adjacent to an activating group) is 1. The minimum absolute atomic E-state index is 0.536. The molecule has 1 saturated carbocycles. The Kier molecular flexibility index (Phi) is 5.31. The van der Waals surface area contributed by atoms with Crippen LogP contribution in [0.3, 0.4) is 0 Å². The van der Waals surface area contributed by atoms with Gasteiger partial charge in [0.2, 0.25) is 0 Å². The number of hydrogen-bond acceptors (Lipinski definition) is 3. The Labute approximate surface area is 128 Å². The fourth-order valence-corrected chi connectivity index (χ4v) is 3.81. The summed E-state index contributed by atoms with van der Waals surface area (Å²) < 4.78 is 7.72. The van der Waals surface area contributed by atoms with E-state index in [2.05, 4.69) is 29.2 Å². The van der Waals surface area contributed by atoms with Crippen molar-refractivity contribution in [3.05, 3.63) is 18.0 Å². The van der Waals surface area contributed by atoms with Gasteiger partial charge in [-0.1, -0.05) is 19.8 Å². The van der Waals surface area contributed by atoms with E-state index in [1.54, 1.807) is 0 Å². The van der Waals surface area contributed by atoms with Crippen molar-refractivity contribution in [2.24, 2.45) is 5.92 Å². The smallest absolute Gasteiger partial charge is 0.0640 e. The van der Waals surface area contributed by atoms with Gasteiger partial charge in [-0.05, 0) is 44.2 Å². The first-order valence-corrected chi connectivity index (χ1v) is 8.70. The van der Waals surface area contributed by atoms with Gasteiger partial charge in [0.1, 0.15) is 0 Å². The van der Waals surface area contributed by atoms with Gasteiger partial charge in [-0.3, -0.25) is 4.68 Å². The Balaban J connectivity index is 1.56. The lowest BCUT2D eigenvalue weighted by Crippen LogP contribution is -2.33. The molecule has 2 heterocycles. The molecule has 0 aromatic carbocycles. The van der Waals surface area contributed by atoms with Crippen LogP contribution in [0.25, 0.3) is 0 Å². The summed E-state index contributed by atoms with van der Waals surface area (Å²) in [5, 5.41) is 8.47. The van der Waals surface area contributed by atoms with Gasteiger partial charge < -0.3 is 10.1 Å². The van der Waals surface area contributed by atoms with E-state index in [1.165, 1.54) is 44.2 Å². The lowest BCUT2D eigenvalue weighted by Gasteiger charge is -2.20. The van der Waals surface area contributed by atoms with Crippen LogP contribution in [0.15, 0.2) is 12.3 Å². The van der Waals surface area contributed by atoms with Gasteiger partial charge >= 0.3 is 0 Å². The van der Waals surface area contributed by atoms with Gasteiger partial charge in [0.25, 0.3) is 0 Å². The molecular formula is C17H29N3O. The van der Waals surface area contributed by atoms with E-state index in [-0.39, 0.29) is 0 Å². The fourth-order valence-electron chi connectivity index (χ4n) is 3.81. The average molecular weight is 291 g/mol. The van der Waals surface area contributed by atoms with Crippen molar-refractivity contribution < 1.29 is 4.74 Å². The average Bonchev–Trinajstić information content (AvgIpc) is 3.21. The van der Waals surface area contributed by atoms with Crippen LogP contribution in [0, 0.1) is 5.92 Å². The Hall–Kier alpha value is -0.870. The zero-order chi connectivity index (χ0) is 14.5. The summed E-state index contributed by atoms with van der Waals surface area (Å²) in [7, 11) is 0. The maximum atomic E-state index is 5.51. The van der Waals surface area contributed by atoms with Crippen LogP contribution in [0.4, 0.5) is 0 Å². The first kappa shape index (κ1) is 15.0. The summed E-state index contributed by atoms with van der Waals surface area (Å²) in [6.07, 6.45) is 11.0. The van der Waals surface area contributed by atoms with Crippen LogP contribution >= 0.6 is 0 Å². The number of nitrogens with zero attached hydrogens (tertiary/aromatic N) is 2. The number of ether oxygens (including phenoxy) is 1. The highest BCUT2D eigenvalue weighted by Gasteiger charge is 2.22. The predicted octanol–water partition coefficient (Wildman–Crippen LogP) is 2.95. The molecule has 3 rings (SSSR count). The molecule has 1 aliphatic heterocycles. The summed E-state index contributed by atoms with van der Waals surface area (Å²) in [5.41, 5.74) is 1.24. The molecule has 4 nitrogen and oxygen atoms in total. The van der Waals surface area contributed by atoms with E-state index in [4.69, 9.17) is 9.84 Å². The highest BCUT2D eigenvalue weighted by atomic mass is 16.5. The Bertz CT molecular complexity index is 419. The van der Waals surface area contributed by atoms with Crippen molar-refractivity contribution >= 4 is 0 Å². The Morgan fingerprint density at radius 1 is 1.38 bits per heavy atom. The Morgan fingerprint density at radius 2 is 2.24 bits per heavy atom. The van der Waals surface area contributed by atoms with Crippen molar-refractivity contribution in [1.82, 2.24) is 15.1 Å². The molecule has 2 fully saturated rings. The molecule has 1 N–H and O–H groups in total. The van der Waals surface area contributed by atoms with Crippen LogP contribution in [0.1, 0.15) is 57.2 Å². The number of nitrogens with one attached hydrogen (secondary N) is 1. The molecule has 2 unspecified atom stereocenters. The van der Waals surface area contributed by atoms with Crippen molar-refractivity contribution in [2.45, 2.75) is 64.0 Å². The molecule has 118 valence electrons. The van der Waals surface area contributed by atoms with Crippen molar-refractivity contribution in [3.63, 3.8) is 0 Å². The van der Waals surface area contributed by atoms with Crippen LogP contribution in [0.2, 0.25) is 0 Å². The summed E-state index contributed by atoms with van der Waals surface area (Å²) in [6.45, 7) is 5.11. The highest BCUT2D eigenvalue weighted by molar-refractivity contribution is 5.03. The third-order valence-corrected chi connectivity index (χ3v) is 4.95. The van der Waals surface area contributed by atoms with E-state index in [1.807, 2.05) is 0 Å². The number of rotatable bonds is 7. The second kappa shape index (κ2) is 7.41. The SMILES string of the molecule is CCNC(Cc1ccn(C2CCCC2)n1)CC1CCOC1. The molecule has 2 aliphatic rings. The predicted molar refractivity (Wildman–Crippen MR) is 84.4 cm³/mol. The summed E-state index contributed by atoms with van der Waals surface area (Å²) in [6, 6.07) is 3.40. The monoisotopic (exact) mass is 291 g/mol. The number of hydrogen-bond donors (Lipinski definition) is 1. The van der Waals surface area contributed by atoms with Gasteiger partial charge in [0.15, 0.2) is 0 Å². The summed E-state index contributed by atoms with van der Waals surface area (Å²) in [5.74, 6) is 0.728. The minimum Gasteiger partial charge on any atom is -0.381 e. The molecule has 1 saturated heterocycles. The molecule has 1 aromatic heterocycles. The first-order chi connectivity index (χ1) is 10.3. The molecular weight excluding hydrogens is 262 g/mol. The minimum atomic E-state index is 0.536. The third kappa shape index (κ3) is 4.07. The topological polar surface area (TPSA) is 39.1 Å². The summed E-state index contributed by atoms with van der Waals surface area (Å²) >= 11 is 0. The standard InChI is InChI=1S/C17H29N3O/c1-2-18-16(11-14-8-10-21-13-14)12-15-7-9-20(19-15)17-5-3-4-6-17/h7,9,14,16-18H,2-6,8,10-13H2,1H3. The van der Waals surface area contributed by atoms with E-state index < -0.39 is 0 Å². The lowest BCUT2D eigenvalue weighted by molar-refractivity contribution is 0.181. The van der Waals surface area contributed by atoms with Crippen molar-refractivity contribution in [2.75, 3.05) is 19.8 Å². The van der Waals surface area contributed by atoms with E-state index >= 15 is 0 Å². The lowest BCUT2D eigenvalue weighted by atomic mass is 9.96. The van der Waals surface area contributed by atoms with E-state index in [9.17, 15) is 0 Å². The molecule has 21 heavy (non-hydrogen) atoms. The van der Waals surface area contributed by atoms with Crippen molar-refractivity contribution in [1.29, 1.82) is 0 Å². The zero-order valence-corrected chi connectivity index (χ0v) is 13.3. The molecule has 0 radical (unpaired) electrons. The maximum absolute atomic E-state index is 5.51. The molecule has 0 amide bonds. The normalized spacial score (nSPS) is 24.7. The quantitative estimate of drug-likeness (QED) is 0.839. The Morgan fingerprint density at radius 3 is 2.95 bits per heavy atom. The largest absolute Gasteiger partial charge is 0.381 e. The molecule has 2 atom stereocenters. The molecule has 4 heteroatoms. The van der Waals surface area contributed by atoms with Gasteiger partial charge in [0, 0.05) is 31.9 Å². The third-order valence-electron chi connectivity index (χ3n) is 4.95. The maximum Gasteiger partial charge on any atom is 0.0640 e. The highest BCUT2D eigenvalue weighted by Crippen LogP contribution is 2.29. The van der Waals surface area contributed by atoms with Crippen LogP contribution < -0.4 is 5.32 Å². The van der Waals surface area contributed by atoms with Gasteiger partial charge in [-0.2, -0.15) is 5.10 Å². The molecule has 1 aromatic rings. The molecule has 0 spiro atoms. The van der Waals surface area contributed by atoms with Gasteiger partial charge in [-0.25, -0.2) is 0 Å². The van der Waals surface area contributed by atoms with E-state index in [0.717, 1.165) is 32.1 Å².